The van der Waals surface area contributed by atoms with E-state index in [0.717, 1.165) is 42.7 Å². The van der Waals surface area contributed by atoms with Crippen LogP contribution in [0, 0.1) is 0 Å². The van der Waals surface area contributed by atoms with E-state index < -0.39 is 17.3 Å². The molecule has 0 N–H and O–H groups in total. The van der Waals surface area contributed by atoms with Gasteiger partial charge in [0.05, 0.1) is 23.1 Å². The Bertz CT molecular complexity index is 921. The lowest BCUT2D eigenvalue weighted by Gasteiger charge is -2.39. The first-order chi connectivity index (χ1) is 13.6. The van der Waals surface area contributed by atoms with Crippen LogP contribution < -0.4 is 10.5 Å². The average molecular weight is 429 g/mol. The van der Waals surface area contributed by atoms with Crippen LogP contribution in [-0.2, 0) is 6.18 Å². The SMILES string of the molecule is CC(C)N1CCC(N(C)c2cnn(-c3cccc(C(F)(F)F)c3)c(=O)c2Cl)CC1. The van der Waals surface area contributed by atoms with Gasteiger partial charge >= 0.3 is 6.18 Å². The van der Waals surface area contributed by atoms with Crippen LogP contribution >= 0.6 is 11.6 Å². The Kier molecular flexibility index (Phi) is 6.24. The number of benzene rings is 1. The molecule has 1 aliphatic heterocycles. The summed E-state index contributed by atoms with van der Waals surface area (Å²) in [5.74, 6) is 0. The van der Waals surface area contributed by atoms with Gasteiger partial charge in [-0.2, -0.15) is 23.0 Å². The number of likely N-dealkylation sites (tertiary alicyclic amines) is 1. The molecule has 1 aromatic heterocycles. The zero-order chi connectivity index (χ0) is 21.3. The minimum atomic E-state index is -4.51. The van der Waals surface area contributed by atoms with Crippen molar-refractivity contribution >= 4 is 17.3 Å². The first-order valence-corrected chi connectivity index (χ1v) is 9.89. The summed E-state index contributed by atoms with van der Waals surface area (Å²) >= 11 is 6.32. The fraction of sp³-hybridized carbons (Fsp3) is 0.500. The predicted molar refractivity (Wildman–Crippen MR) is 108 cm³/mol. The Morgan fingerprint density at radius 3 is 2.48 bits per heavy atom. The molecule has 9 heteroatoms. The van der Waals surface area contributed by atoms with E-state index in [0.29, 0.717) is 11.7 Å². The Balaban J connectivity index is 1.86. The molecule has 5 nitrogen and oxygen atoms in total. The summed E-state index contributed by atoms with van der Waals surface area (Å²) in [6.07, 6.45) is -1.20. The van der Waals surface area contributed by atoms with Gasteiger partial charge in [0, 0.05) is 32.2 Å². The second-order valence-corrected chi connectivity index (χ2v) is 7.96. The molecule has 1 fully saturated rings. The number of aromatic nitrogens is 2. The molecule has 1 aromatic carbocycles. The van der Waals surface area contributed by atoms with Crippen LogP contribution in [0.1, 0.15) is 32.3 Å². The maximum absolute atomic E-state index is 13.0. The van der Waals surface area contributed by atoms with Crippen molar-refractivity contribution in [3.8, 4) is 5.69 Å². The van der Waals surface area contributed by atoms with Crippen molar-refractivity contribution < 1.29 is 13.2 Å². The van der Waals surface area contributed by atoms with Gasteiger partial charge in [0.1, 0.15) is 5.02 Å². The predicted octanol–water partition coefficient (Wildman–Crippen LogP) is 4.21. The van der Waals surface area contributed by atoms with E-state index in [4.69, 9.17) is 11.6 Å². The Morgan fingerprint density at radius 2 is 1.90 bits per heavy atom. The monoisotopic (exact) mass is 428 g/mol. The van der Waals surface area contributed by atoms with E-state index in [1.807, 2.05) is 11.9 Å². The standard InChI is InChI=1S/C20H24ClF3N4O/c1-13(2)27-9-7-15(8-10-27)26(3)17-12-25-28(19(29)18(17)21)16-6-4-5-14(11-16)20(22,23)24/h4-6,11-13,15H,7-10H2,1-3H3. The molecule has 158 valence electrons. The molecule has 0 aliphatic carbocycles. The molecule has 29 heavy (non-hydrogen) atoms. The van der Waals surface area contributed by atoms with Gasteiger partial charge in [-0.3, -0.25) is 4.79 Å². The molecular formula is C20H24ClF3N4O. The van der Waals surface area contributed by atoms with Crippen LogP contribution in [0.2, 0.25) is 5.02 Å². The van der Waals surface area contributed by atoms with E-state index in [1.165, 1.54) is 18.3 Å². The van der Waals surface area contributed by atoms with Crippen LogP contribution in [0.4, 0.5) is 18.9 Å². The summed E-state index contributed by atoms with van der Waals surface area (Å²) in [5, 5.41) is 4.04. The van der Waals surface area contributed by atoms with Crippen LogP contribution in [0.25, 0.3) is 5.69 Å². The second-order valence-electron chi connectivity index (χ2n) is 7.58. The van der Waals surface area contributed by atoms with Crippen molar-refractivity contribution in [2.45, 2.75) is 44.9 Å². The highest BCUT2D eigenvalue weighted by Crippen LogP contribution is 2.31. The van der Waals surface area contributed by atoms with Crippen LogP contribution in [-0.4, -0.2) is 46.9 Å². The number of alkyl halides is 3. The van der Waals surface area contributed by atoms with E-state index in [2.05, 4.69) is 23.8 Å². The Labute approximate surface area is 172 Å². The fourth-order valence-corrected chi connectivity index (χ4v) is 3.92. The van der Waals surface area contributed by atoms with Crippen molar-refractivity contribution in [1.82, 2.24) is 14.7 Å². The molecule has 0 amide bonds. The molecule has 0 atom stereocenters. The van der Waals surface area contributed by atoms with Gasteiger partial charge in [-0.15, -0.1) is 0 Å². The summed E-state index contributed by atoms with van der Waals surface area (Å²) in [5.41, 5.74) is -0.984. The zero-order valence-corrected chi connectivity index (χ0v) is 17.3. The summed E-state index contributed by atoms with van der Waals surface area (Å²) in [6, 6.07) is 5.17. The number of anilines is 1. The van der Waals surface area contributed by atoms with Gasteiger partial charge in [0.15, 0.2) is 0 Å². The Hall–Kier alpha value is -2.06. The number of hydrogen-bond acceptors (Lipinski definition) is 4. The lowest BCUT2D eigenvalue weighted by Crippen LogP contribution is -2.46. The topological polar surface area (TPSA) is 41.4 Å². The maximum Gasteiger partial charge on any atom is 0.416 e. The van der Waals surface area contributed by atoms with Gasteiger partial charge in [-0.05, 0) is 44.9 Å². The van der Waals surface area contributed by atoms with E-state index in [1.54, 1.807) is 0 Å². The van der Waals surface area contributed by atoms with Crippen molar-refractivity contribution in [3.63, 3.8) is 0 Å². The molecule has 0 bridgehead atoms. The molecule has 1 aliphatic rings. The maximum atomic E-state index is 13.0. The molecule has 2 aromatic rings. The van der Waals surface area contributed by atoms with Crippen LogP contribution in [0.3, 0.4) is 0 Å². The van der Waals surface area contributed by atoms with Gasteiger partial charge in [0.25, 0.3) is 5.56 Å². The highest BCUT2D eigenvalue weighted by atomic mass is 35.5. The second kappa shape index (κ2) is 8.36. The average Bonchev–Trinajstić information content (AvgIpc) is 2.69. The highest BCUT2D eigenvalue weighted by molar-refractivity contribution is 6.33. The van der Waals surface area contributed by atoms with E-state index >= 15 is 0 Å². The largest absolute Gasteiger partial charge is 0.416 e. The molecule has 1 saturated heterocycles. The third kappa shape index (κ3) is 4.59. The molecular weight excluding hydrogens is 405 g/mol. The normalized spacial score (nSPS) is 16.4. The number of piperidine rings is 1. The van der Waals surface area contributed by atoms with Crippen LogP contribution in [0.5, 0.6) is 0 Å². The molecule has 3 rings (SSSR count). The molecule has 0 radical (unpaired) electrons. The quantitative estimate of drug-likeness (QED) is 0.731. The highest BCUT2D eigenvalue weighted by Gasteiger charge is 2.31. The van der Waals surface area contributed by atoms with Gasteiger partial charge in [-0.1, -0.05) is 17.7 Å². The van der Waals surface area contributed by atoms with Gasteiger partial charge in [-0.25, -0.2) is 0 Å². The van der Waals surface area contributed by atoms with Crippen molar-refractivity contribution in [1.29, 1.82) is 0 Å². The number of hydrogen-bond donors (Lipinski definition) is 0. The lowest BCUT2D eigenvalue weighted by molar-refractivity contribution is -0.137. The molecule has 0 spiro atoms. The summed E-state index contributed by atoms with van der Waals surface area (Å²) < 4.78 is 39.8. The third-order valence-electron chi connectivity index (χ3n) is 5.48. The summed E-state index contributed by atoms with van der Waals surface area (Å²) in [6.45, 7) is 6.24. The molecule has 0 saturated carbocycles. The van der Waals surface area contributed by atoms with Crippen molar-refractivity contribution in [3.05, 3.63) is 51.4 Å². The first-order valence-electron chi connectivity index (χ1n) is 9.52. The minimum absolute atomic E-state index is 0.0196. The molecule has 0 unspecified atom stereocenters. The zero-order valence-electron chi connectivity index (χ0n) is 16.6. The van der Waals surface area contributed by atoms with Crippen LogP contribution in [0.15, 0.2) is 35.3 Å². The smallest absolute Gasteiger partial charge is 0.369 e. The first kappa shape index (κ1) is 21.6. The van der Waals surface area contributed by atoms with Crippen molar-refractivity contribution in [2.75, 3.05) is 25.0 Å². The number of halogens is 4. The van der Waals surface area contributed by atoms with Crippen molar-refractivity contribution in [2.24, 2.45) is 0 Å². The number of nitrogens with zero attached hydrogens (tertiary/aromatic N) is 4. The lowest BCUT2D eigenvalue weighted by atomic mass is 10.0. The number of rotatable bonds is 4. The summed E-state index contributed by atoms with van der Waals surface area (Å²) in [7, 11) is 1.87. The Morgan fingerprint density at radius 1 is 1.24 bits per heavy atom. The summed E-state index contributed by atoms with van der Waals surface area (Å²) in [4.78, 5) is 17.1. The fourth-order valence-electron chi connectivity index (χ4n) is 3.65. The van der Waals surface area contributed by atoms with Gasteiger partial charge in [0.2, 0.25) is 0 Å². The van der Waals surface area contributed by atoms with E-state index in [9.17, 15) is 18.0 Å². The van der Waals surface area contributed by atoms with Gasteiger partial charge < -0.3 is 9.80 Å². The minimum Gasteiger partial charge on any atom is -0.369 e. The van der Waals surface area contributed by atoms with E-state index in [-0.39, 0.29) is 16.8 Å². The molecule has 2 heterocycles. The third-order valence-corrected chi connectivity index (χ3v) is 5.83.